The second-order valence-corrected chi connectivity index (χ2v) is 35.2. The number of aromatic nitrogens is 2. The number of para-hydroxylation sites is 8. The molecule has 0 aliphatic carbocycles. The summed E-state index contributed by atoms with van der Waals surface area (Å²) in [7, 11) is 0. The summed E-state index contributed by atoms with van der Waals surface area (Å²) in [6.07, 6.45) is 0. The molecule has 13 heteroatoms. The van der Waals surface area contributed by atoms with Gasteiger partial charge in [-0.15, -0.1) is 0 Å². The van der Waals surface area contributed by atoms with E-state index in [1.807, 2.05) is 175 Å². The van der Waals surface area contributed by atoms with Crippen LogP contribution in [0.4, 0.5) is 5.69 Å². The molecule has 3 aliphatic rings. The van der Waals surface area contributed by atoms with Gasteiger partial charge in [0.15, 0.2) is 5.69 Å². The Hall–Kier alpha value is -17.0. The Kier molecular flexibility index (Phi) is 17.1. The molecule has 13 nitrogen and oxygen atoms in total. The molecular formula is C118H79N3O10. The Labute approximate surface area is 751 Å². The quantitative estimate of drug-likeness (QED) is 0.149. The van der Waals surface area contributed by atoms with Gasteiger partial charge in [-0.05, 0) is 202 Å². The van der Waals surface area contributed by atoms with E-state index in [9.17, 15) is 0 Å². The molecule has 24 aromatic rings. The average Bonchev–Trinajstić information content (AvgIpc) is 1.57. The largest absolute Gasteiger partial charge is 0.456 e. The van der Waals surface area contributed by atoms with Crippen molar-refractivity contribution in [1.29, 1.82) is 0 Å². The summed E-state index contributed by atoms with van der Waals surface area (Å²) < 4.78 is 68.7. The van der Waals surface area contributed by atoms with Crippen LogP contribution in [0, 0.1) is 6.57 Å². The Morgan fingerprint density at radius 3 is 0.954 bits per heavy atom. The first kappa shape index (κ1) is 76.5. The van der Waals surface area contributed by atoms with Crippen molar-refractivity contribution in [2.45, 2.75) is 58.9 Å². The Balaban J connectivity index is 0.000000106. The third-order valence-corrected chi connectivity index (χ3v) is 25.6. The van der Waals surface area contributed by atoms with Crippen LogP contribution in [0.25, 0.3) is 225 Å². The first-order valence-corrected chi connectivity index (χ1v) is 44.1. The van der Waals surface area contributed by atoms with Gasteiger partial charge in [0.1, 0.15) is 79.2 Å². The topological polar surface area (TPSA) is 122 Å². The summed E-state index contributed by atoms with van der Waals surface area (Å²) in [4.78, 5) is 3.68. The number of ether oxygens (including phenoxy) is 6. The van der Waals surface area contributed by atoms with E-state index in [0.717, 1.165) is 233 Å². The molecule has 0 bridgehead atoms. The number of hydrogen-bond acceptors (Lipinski definition) is 10. The predicted octanol–water partition coefficient (Wildman–Crippen LogP) is 32.6. The molecule has 0 atom stereocenters. The highest BCUT2D eigenvalue weighted by Gasteiger charge is 2.35. The highest BCUT2D eigenvalue weighted by atomic mass is 16.7. The maximum Gasteiger partial charge on any atom is 0.245 e. The molecular weight excluding hydrogens is 1620 g/mol. The van der Waals surface area contributed by atoms with Gasteiger partial charge in [-0.25, -0.2) is 4.85 Å². The lowest BCUT2D eigenvalue weighted by Gasteiger charge is -2.26. The molecule has 0 unspecified atom stereocenters. The first-order chi connectivity index (χ1) is 64.0. The van der Waals surface area contributed by atoms with Gasteiger partial charge in [-0.1, -0.05) is 212 Å². The third-order valence-electron chi connectivity index (χ3n) is 25.6. The summed E-state index contributed by atoms with van der Waals surface area (Å²) >= 11 is 0. The van der Waals surface area contributed by atoms with Gasteiger partial charge in [0.05, 0.1) is 28.6 Å². The van der Waals surface area contributed by atoms with Crippen LogP contribution in [-0.4, -0.2) is 26.5 Å². The molecule has 3 aliphatic heterocycles. The zero-order valence-corrected chi connectivity index (χ0v) is 72.1. The molecule has 0 amide bonds. The molecule has 27 rings (SSSR count). The predicted molar refractivity (Wildman–Crippen MR) is 527 cm³/mol. The van der Waals surface area contributed by atoms with Gasteiger partial charge in [0.2, 0.25) is 17.4 Å². The number of hydrogen-bond donors (Lipinski definition) is 0. The van der Waals surface area contributed by atoms with Gasteiger partial charge < -0.3 is 55.2 Å². The maximum absolute atomic E-state index is 7.55. The van der Waals surface area contributed by atoms with Crippen molar-refractivity contribution in [1.82, 2.24) is 9.13 Å². The minimum Gasteiger partial charge on any atom is -0.456 e. The normalized spacial score (nSPS) is 13.8. The van der Waals surface area contributed by atoms with Crippen molar-refractivity contribution < 1.29 is 46.1 Å². The highest BCUT2D eigenvalue weighted by Crippen LogP contribution is 2.53. The number of nitrogens with zero attached hydrogens (tertiary/aromatic N) is 3. The van der Waals surface area contributed by atoms with Crippen LogP contribution in [0.15, 0.2) is 388 Å². The summed E-state index contributed by atoms with van der Waals surface area (Å²) in [5.74, 6) is 2.02. The van der Waals surface area contributed by atoms with Crippen LogP contribution in [0.5, 0.6) is 34.5 Å². The van der Waals surface area contributed by atoms with Crippen LogP contribution in [0.3, 0.4) is 0 Å². The van der Waals surface area contributed by atoms with E-state index in [0.29, 0.717) is 5.69 Å². The van der Waals surface area contributed by atoms with E-state index in [1.54, 1.807) is 0 Å². The van der Waals surface area contributed by atoms with E-state index in [1.165, 1.54) is 21.8 Å². The van der Waals surface area contributed by atoms with Crippen LogP contribution in [0.2, 0.25) is 0 Å². The van der Waals surface area contributed by atoms with Crippen molar-refractivity contribution in [2.24, 2.45) is 0 Å². The van der Waals surface area contributed by atoms with Gasteiger partial charge in [-0.3, -0.25) is 0 Å². The molecule has 0 fully saturated rings. The molecule has 18 aromatic carbocycles. The van der Waals surface area contributed by atoms with Gasteiger partial charge in [0.25, 0.3) is 0 Å². The Morgan fingerprint density at radius 2 is 0.527 bits per heavy atom. The van der Waals surface area contributed by atoms with E-state index >= 15 is 0 Å². The summed E-state index contributed by atoms with van der Waals surface area (Å²) in [5.41, 5.74) is 28.6. The fraction of sp³-hybridized carbons (Fsp3) is 0.0763. The van der Waals surface area contributed by atoms with Crippen LogP contribution >= 0.6 is 0 Å². The first-order valence-electron chi connectivity index (χ1n) is 44.1. The SMILES string of the molecule is CC1(C)Oc2cc(-c3cccc4oc5ccccc5c34)ccc2-c2cc(-c3cccc4c3oc3ccccc34)ccc2O1.CC1(C)Oc2cc(-c3cccc4oc5ccccc5c34)ccc2-c2cc(-n3c4ccccc4c4ccccc43)ccc2O1.[C-]#[N+]c1ccc2c(c1)c1ccccc1n2-c1ccc2c(c1)-c1ccc(-c3cccc4oc5ccccc5c34)cc1OC(C)(C)O2. The molecule has 6 aromatic heterocycles. The standard InChI is InChI=1S/C40H26N2O3.C39H27NO3.C39H26O4/c1-40(2)44-36-20-17-26(42-33-12-6-4-9-28(33)31-22-25(41-3)16-19-34(31)42)23-32(36)29-18-15-24(21-38(29)45-40)27-11-8-14-37-39(27)30-10-5-7-13-35(30)43-37;1-39(2)42-35-21-19-25(40-32-14-6-3-10-27(32)28-11-4-7-15-33(28)40)23-31(35)29-20-18-24(22-37(29)43-39)26-13-9-17-36-38(26)30-12-5-8-16-34(30)41-36;1-39(2)42-34-20-18-23(26-12-7-13-29-27-9-3-5-14-32(27)41-38(26)29)21-31(34)28-19-17-24(22-36(28)43-39)25-11-8-16-35-37(25)30-10-4-6-15-33(30)40-35/h4-23H,1-2H3;3-23H,1-2H3;3-22H,1-2H3. The zero-order valence-electron chi connectivity index (χ0n) is 72.1. The molecule has 0 radical (unpaired) electrons. The monoisotopic (exact) mass is 1700 g/mol. The van der Waals surface area contributed by atoms with E-state index in [-0.39, 0.29) is 0 Å². The van der Waals surface area contributed by atoms with Crippen LogP contribution in [-0.2, 0) is 0 Å². The van der Waals surface area contributed by atoms with Crippen LogP contribution < -0.4 is 28.4 Å². The highest BCUT2D eigenvalue weighted by molar-refractivity contribution is 6.17. The molecule has 9 heterocycles. The van der Waals surface area contributed by atoms with Crippen molar-refractivity contribution in [3.05, 3.63) is 381 Å². The smallest absolute Gasteiger partial charge is 0.245 e. The van der Waals surface area contributed by atoms with E-state index < -0.39 is 17.4 Å². The molecule has 131 heavy (non-hydrogen) atoms. The fourth-order valence-corrected chi connectivity index (χ4v) is 20.1. The van der Waals surface area contributed by atoms with Gasteiger partial charge in [0, 0.05) is 151 Å². The summed E-state index contributed by atoms with van der Waals surface area (Å²) in [5, 5.41) is 13.5. The average molecular weight is 1700 g/mol. The van der Waals surface area contributed by atoms with E-state index in [4.69, 9.17) is 52.7 Å². The number of rotatable bonds is 6. The Morgan fingerprint density at radius 1 is 0.214 bits per heavy atom. The molecule has 0 N–H and O–H groups in total. The van der Waals surface area contributed by atoms with Crippen molar-refractivity contribution >= 4 is 137 Å². The maximum atomic E-state index is 7.55. The van der Waals surface area contributed by atoms with Crippen LogP contribution in [0.1, 0.15) is 41.5 Å². The lowest BCUT2D eigenvalue weighted by molar-refractivity contribution is -0.0784. The second kappa shape index (κ2) is 29.3. The number of furan rings is 4. The number of benzene rings is 18. The Bertz CT molecular complexity index is 8900. The molecule has 0 saturated carbocycles. The van der Waals surface area contributed by atoms with Crippen molar-refractivity contribution in [3.8, 4) is 124 Å². The fourth-order valence-electron chi connectivity index (χ4n) is 20.1. The number of fused-ring (bicyclic) bond motifs is 27. The van der Waals surface area contributed by atoms with Crippen molar-refractivity contribution in [2.75, 3.05) is 0 Å². The van der Waals surface area contributed by atoms with E-state index in [2.05, 4.69) is 251 Å². The minimum absolute atomic E-state index is 0.629. The third kappa shape index (κ3) is 12.7. The lowest BCUT2D eigenvalue weighted by Crippen LogP contribution is -2.34. The summed E-state index contributed by atoms with van der Waals surface area (Å²) in [6.45, 7) is 19.3. The van der Waals surface area contributed by atoms with Gasteiger partial charge in [-0.2, -0.15) is 0 Å². The minimum atomic E-state index is -0.891. The molecule has 0 spiro atoms. The molecule has 0 saturated heterocycles. The van der Waals surface area contributed by atoms with Crippen molar-refractivity contribution in [3.63, 3.8) is 0 Å². The second-order valence-electron chi connectivity index (χ2n) is 35.2. The zero-order chi connectivity index (χ0) is 87.7. The summed E-state index contributed by atoms with van der Waals surface area (Å²) in [6, 6.07) is 127. The lowest BCUT2D eigenvalue weighted by atomic mass is 9.94. The molecule has 626 valence electrons. The van der Waals surface area contributed by atoms with Gasteiger partial charge >= 0.3 is 0 Å².